The molecule has 1 atom stereocenters. The van der Waals surface area contributed by atoms with Crippen LogP contribution in [-0.2, 0) is 4.74 Å². The highest BCUT2D eigenvalue weighted by molar-refractivity contribution is 5.87. The van der Waals surface area contributed by atoms with E-state index in [1.165, 1.54) is 12.8 Å². The number of carbonyl (C=O) groups excluding carboxylic acids is 1. The van der Waals surface area contributed by atoms with Crippen molar-refractivity contribution in [2.75, 3.05) is 6.61 Å². The van der Waals surface area contributed by atoms with Crippen molar-refractivity contribution < 1.29 is 13.9 Å². The topological polar surface area (TPSA) is 52.3 Å². The summed E-state index contributed by atoms with van der Waals surface area (Å²) < 4.78 is 10.6. The molecular formula is C14H21NO3. The van der Waals surface area contributed by atoms with E-state index in [9.17, 15) is 4.79 Å². The number of nitrogens with zero attached hydrogens (tertiary/aromatic N) is 1. The van der Waals surface area contributed by atoms with E-state index < -0.39 is 5.97 Å². The van der Waals surface area contributed by atoms with E-state index in [1.807, 2.05) is 0 Å². The number of esters is 1. The molecule has 4 nitrogen and oxygen atoms in total. The molecule has 0 aliphatic heterocycles. The van der Waals surface area contributed by atoms with Crippen LogP contribution in [0.5, 0.6) is 0 Å². The van der Waals surface area contributed by atoms with Gasteiger partial charge in [-0.1, -0.05) is 20.3 Å². The maximum atomic E-state index is 11.7. The molecule has 0 saturated heterocycles. The number of hydrogen-bond acceptors (Lipinski definition) is 4. The molecule has 0 aromatic carbocycles. The van der Waals surface area contributed by atoms with Gasteiger partial charge in [0.05, 0.1) is 12.3 Å². The third-order valence-corrected chi connectivity index (χ3v) is 3.83. The van der Waals surface area contributed by atoms with Crippen LogP contribution < -0.4 is 0 Å². The molecule has 1 aliphatic carbocycles. The van der Waals surface area contributed by atoms with Gasteiger partial charge in [0, 0.05) is 5.92 Å². The highest BCUT2D eigenvalue weighted by Crippen LogP contribution is 2.48. The number of oxazole rings is 1. The Morgan fingerprint density at radius 3 is 2.83 bits per heavy atom. The number of hydrogen-bond donors (Lipinski definition) is 0. The van der Waals surface area contributed by atoms with E-state index in [0.717, 1.165) is 6.42 Å². The maximum absolute atomic E-state index is 11.7. The van der Waals surface area contributed by atoms with Crippen LogP contribution in [0.1, 0.15) is 68.1 Å². The van der Waals surface area contributed by atoms with Crippen molar-refractivity contribution in [1.29, 1.82) is 0 Å². The van der Waals surface area contributed by atoms with Crippen molar-refractivity contribution in [2.45, 2.75) is 52.9 Å². The predicted molar refractivity (Wildman–Crippen MR) is 67.6 cm³/mol. The lowest BCUT2D eigenvalue weighted by Crippen LogP contribution is -2.15. The number of carbonyl (C=O) groups is 1. The first kappa shape index (κ1) is 13.1. The summed E-state index contributed by atoms with van der Waals surface area (Å²) in [5, 5.41) is 0. The fourth-order valence-electron chi connectivity index (χ4n) is 2.74. The minimum atomic E-state index is -0.412. The van der Waals surface area contributed by atoms with Gasteiger partial charge in [-0.05, 0) is 32.1 Å². The highest BCUT2D eigenvalue weighted by Gasteiger charge is 2.39. The van der Waals surface area contributed by atoms with Gasteiger partial charge in [-0.15, -0.1) is 0 Å². The first-order chi connectivity index (χ1) is 8.45. The van der Waals surface area contributed by atoms with Crippen LogP contribution >= 0.6 is 0 Å². The summed E-state index contributed by atoms with van der Waals surface area (Å²) in [6.45, 7) is 8.39. The second-order valence-corrected chi connectivity index (χ2v) is 5.62. The van der Waals surface area contributed by atoms with Crippen molar-refractivity contribution in [3.63, 3.8) is 0 Å². The Morgan fingerprint density at radius 2 is 2.28 bits per heavy atom. The Bertz CT molecular complexity index is 448. The Hall–Kier alpha value is -1.32. The van der Waals surface area contributed by atoms with Gasteiger partial charge < -0.3 is 9.15 Å². The Balaban J connectivity index is 2.26. The summed E-state index contributed by atoms with van der Waals surface area (Å²) in [5.41, 5.74) is 0.828. The molecule has 0 bridgehead atoms. The highest BCUT2D eigenvalue weighted by atomic mass is 16.5. The lowest BCUT2D eigenvalue weighted by Gasteiger charge is -2.23. The molecule has 1 fully saturated rings. The zero-order chi connectivity index (χ0) is 13.3. The van der Waals surface area contributed by atoms with Crippen molar-refractivity contribution in [1.82, 2.24) is 4.98 Å². The summed E-state index contributed by atoms with van der Waals surface area (Å²) in [5.74, 6) is 0.844. The first-order valence-electron chi connectivity index (χ1n) is 6.60. The van der Waals surface area contributed by atoms with E-state index in [0.29, 0.717) is 24.1 Å². The smallest absolute Gasteiger partial charge is 0.376 e. The van der Waals surface area contributed by atoms with Crippen LogP contribution in [0.15, 0.2) is 4.42 Å². The van der Waals surface area contributed by atoms with Crippen LogP contribution in [0.25, 0.3) is 0 Å². The van der Waals surface area contributed by atoms with E-state index in [4.69, 9.17) is 9.15 Å². The normalized spacial score (nSPS) is 22.1. The van der Waals surface area contributed by atoms with E-state index in [-0.39, 0.29) is 11.2 Å². The molecule has 100 valence electrons. The zero-order valence-electron chi connectivity index (χ0n) is 11.6. The largest absolute Gasteiger partial charge is 0.460 e. The molecule has 0 N–H and O–H groups in total. The van der Waals surface area contributed by atoms with Crippen molar-refractivity contribution >= 4 is 5.97 Å². The van der Waals surface area contributed by atoms with E-state index in [2.05, 4.69) is 18.8 Å². The van der Waals surface area contributed by atoms with Crippen LogP contribution in [0.3, 0.4) is 0 Å². The molecule has 18 heavy (non-hydrogen) atoms. The number of aromatic nitrogens is 1. The monoisotopic (exact) mass is 251 g/mol. The van der Waals surface area contributed by atoms with Gasteiger partial charge in [0.15, 0.2) is 5.89 Å². The third kappa shape index (κ3) is 2.28. The summed E-state index contributed by atoms with van der Waals surface area (Å²) in [6, 6.07) is 0. The maximum Gasteiger partial charge on any atom is 0.376 e. The Morgan fingerprint density at radius 1 is 1.56 bits per heavy atom. The number of ether oxygens (including phenoxy) is 1. The molecule has 0 radical (unpaired) electrons. The molecule has 1 aromatic rings. The second kappa shape index (κ2) is 4.75. The third-order valence-electron chi connectivity index (χ3n) is 3.83. The molecule has 1 saturated carbocycles. The minimum Gasteiger partial charge on any atom is -0.460 e. The Kier molecular flexibility index (Phi) is 3.46. The lowest BCUT2D eigenvalue weighted by atomic mass is 9.82. The molecule has 1 aliphatic rings. The second-order valence-electron chi connectivity index (χ2n) is 5.62. The molecule has 1 heterocycles. The summed E-state index contributed by atoms with van der Waals surface area (Å²) >= 11 is 0. The van der Waals surface area contributed by atoms with Crippen molar-refractivity contribution in [2.24, 2.45) is 5.41 Å². The van der Waals surface area contributed by atoms with Crippen LogP contribution in [0, 0.1) is 12.3 Å². The first-order valence-corrected chi connectivity index (χ1v) is 6.60. The Labute approximate surface area is 108 Å². The van der Waals surface area contributed by atoms with Gasteiger partial charge in [-0.25, -0.2) is 9.78 Å². The van der Waals surface area contributed by atoms with Gasteiger partial charge in [0.2, 0.25) is 5.76 Å². The lowest BCUT2D eigenvalue weighted by molar-refractivity contribution is 0.0484. The quantitative estimate of drug-likeness (QED) is 0.772. The molecule has 0 spiro atoms. The van der Waals surface area contributed by atoms with E-state index in [1.54, 1.807) is 13.8 Å². The van der Waals surface area contributed by atoms with E-state index >= 15 is 0 Å². The summed E-state index contributed by atoms with van der Waals surface area (Å²) in [6.07, 6.45) is 3.44. The minimum absolute atomic E-state index is 0.198. The van der Waals surface area contributed by atoms with Gasteiger partial charge in [0.1, 0.15) is 0 Å². The SMILES string of the molecule is CCOC(=O)c1oc(C2CCCC2(C)C)nc1C. The average Bonchev–Trinajstić information content (AvgIpc) is 2.81. The molecular weight excluding hydrogens is 230 g/mol. The number of aryl methyl sites for hydroxylation is 1. The zero-order valence-corrected chi connectivity index (χ0v) is 11.6. The molecule has 1 aromatic heterocycles. The average molecular weight is 251 g/mol. The summed E-state index contributed by atoms with van der Waals surface area (Å²) in [4.78, 5) is 16.1. The number of rotatable bonds is 3. The molecule has 4 heteroatoms. The van der Waals surface area contributed by atoms with Gasteiger partial charge in [0.25, 0.3) is 0 Å². The van der Waals surface area contributed by atoms with Gasteiger partial charge in [-0.2, -0.15) is 0 Å². The fourth-order valence-corrected chi connectivity index (χ4v) is 2.74. The molecule has 1 unspecified atom stereocenters. The van der Waals surface area contributed by atoms with Gasteiger partial charge in [-0.3, -0.25) is 0 Å². The van der Waals surface area contributed by atoms with Crippen LogP contribution in [-0.4, -0.2) is 17.6 Å². The fraction of sp³-hybridized carbons (Fsp3) is 0.714. The van der Waals surface area contributed by atoms with Gasteiger partial charge >= 0.3 is 5.97 Å². The molecule has 2 rings (SSSR count). The van der Waals surface area contributed by atoms with Crippen LogP contribution in [0.4, 0.5) is 0 Å². The molecule has 0 amide bonds. The van der Waals surface area contributed by atoms with Crippen molar-refractivity contribution in [3.05, 3.63) is 17.3 Å². The predicted octanol–water partition coefficient (Wildman–Crippen LogP) is 3.45. The van der Waals surface area contributed by atoms with Crippen LogP contribution in [0.2, 0.25) is 0 Å². The summed E-state index contributed by atoms with van der Waals surface area (Å²) in [7, 11) is 0. The van der Waals surface area contributed by atoms with Crippen molar-refractivity contribution in [3.8, 4) is 0 Å². The standard InChI is InChI=1S/C14H21NO3/c1-5-17-13(16)11-9(2)15-12(18-11)10-7-6-8-14(10,3)4/h10H,5-8H2,1-4H3.